The maximum atomic E-state index is 12.0. The lowest BCUT2D eigenvalue weighted by molar-refractivity contribution is 0.0592. The highest BCUT2D eigenvalue weighted by molar-refractivity contribution is 5.97. The van der Waals surface area contributed by atoms with Crippen molar-refractivity contribution in [1.82, 2.24) is 14.5 Å². The van der Waals surface area contributed by atoms with Gasteiger partial charge in [0.25, 0.3) is 0 Å². The van der Waals surface area contributed by atoms with Crippen LogP contribution in [0.1, 0.15) is 21.6 Å². The summed E-state index contributed by atoms with van der Waals surface area (Å²) in [5, 5.41) is 0.964. The molecule has 106 valence electrons. The third kappa shape index (κ3) is 2.16. The molecule has 0 aliphatic heterocycles. The summed E-state index contributed by atoms with van der Waals surface area (Å²) < 4.78 is 6.60. The molecule has 3 rings (SSSR count). The molecule has 3 aromatic rings. The lowest BCUT2D eigenvalue weighted by Crippen LogP contribution is -2.11. The topological polar surface area (TPSA) is 57.0 Å². The number of ether oxygens (including phenoxy) is 1. The molecule has 0 fully saturated rings. The zero-order chi connectivity index (χ0) is 15.0. The first-order chi connectivity index (χ1) is 10.1. The zero-order valence-electron chi connectivity index (χ0n) is 12.1. The number of carbonyl (C=O) groups is 1. The number of carbonyl (C=O) groups excluding carboxylic acids is 1. The normalized spacial score (nSPS) is 10.8. The van der Waals surface area contributed by atoms with Crippen LogP contribution in [0.25, 0.3) is 16.9 Å². The molecule has 0 atom stereocenters. The van der Waals surface area contributed by atoms with E-state index in [1.807, 2.05) is 26.0 Å². The monoisotopic (exact) mass is 281 g/mol. The first kappa shape index (κ1) is 13.3. The van der Waals surface area contributed by atoms with E-state index in [0.717, 1.165) is 16.5 Å². The second-order valence-electron chi connectivity index (χ2n) is 4.90. The average molecular weight is 281 g/mol. The van der Waals surface area contributed by atoms with Gasteiger partial charge in [0.15, 0.2) is 0 Å². The predicted molar refractivity (Wildman–Crippen MR) is 79.7 cm³/mol. The lowest BCUT2D eigenvalue weighted by atomic mass is 10.1. The minimum Gasteiger partial charge on any atom is -0.464 e. The summed E-state index contributed by atoms with van der Waals surface area (Å²) in [5.41, 5.74) is 3.63. The Kier molecular flexibility index (Phi) is 3.17. The first-order valence-electron chi connectivity index (χ1n) is 6.60. The Balaban J connectivity index is 2.38. The van der Waals surface area contributed by atoms with Crippen LogP contribution in [0.15, 0.2) is 36.7 Å². The van der Waals surface area contributed by atoms with E-state index in [2.05, 4.69) is 16.0 Å². The molecule has 0 saturated carbocycles. The fraction of sp³-hybridized carbons (Fsp3) is 0.188. The van der Waals surface area contributed by atoms with Gasteiger partial charge in [-0.1, -0.05) is 0 Å². The van der Waals surface area contributed by atoms with Gasteiger partial charge >= 0.3 is 5.97 Å². The minimum absolute atomic E-state index is 0.408. The van der Waals surface area contributed by atoms with E-state index >= 15 is 0 Å². The number of hydrogen-bond acceptors (Lipinski definition) is 4. The molecule has 0 N–H and O–H groups in total. The second kappa shape index (κ2) is 5.01. The molecule has 5 nitrogen and oxygen atoms in total. The van der Waals surface area contributed by atoms with Gasteiger partial charge in [0, 0.05) is 17.8 Å². The summed E-state index contributed by atoms with van der Waals surface area (Å²) in [6.07, 6.45) is 3.30. The van der Waals surface area contributed by atoms with Gasteiger partial charge in [0.05, 0.1) is 12.6 Å². The maximum Gasteiger partial charge on any atom is 0.355 e. The number of aromatic nitrogens is 3. The third-order valence-electron chi connectivity index (χ3n) is 3.56. The fourth-order valence-electron chi connectivity index (χ4n) is 2.35. The Labute approximate surface area is 122 Å². The van der Waals surface area contributed by atoms with Crippen LogP contribution < -0.4 is 0 Å². The molecule has 0 radical (unpaired) electrons. The Morgan fingerprint density at radius 2 is 1.76 bits per heavy atom. The van der Waals surface area contributed by atoms with Crippen molar-refractivity contribution in [2.75, 3.05) is 7.11 Å². The number of aryl methyl sites for hydroxylation is 2. The van der Waals surface area contributed by atoms with Crippen LogP contribution in [-0.4, -0.2) is 27.6 Å². The number of rotatable bonds is 2. The molecular formula is C16H15N3O2. The number of esters is 1. The molecule has 0 amide bonds. The Morgan fingerprint density at radius 3 is 2.43 bits per heavy atom. The quantitative estimate of drug-likeness (QED) is 0.678. The number of methoxy groups -OCH3 is 1. The highest BCUT2D eigenvalue weighted by Gasteiger charge is 2.19. The molecule has 0 spiro atoms. The van der Waals surface area contributed by atoms with Crippen LogP contribution in [-0.2, 0) is 4.74 Å². The smallest absolute Gasteiger partial charge is 0.355 e. The van der Waals surface area contributed by atoms with Gasteiger partial charge < -0.3 is 4.74 Å². The van der Waals surface area contributed by atoms with Crippen LogP contribution in [0.4, 0.5) is 0 Å². The Morgan fingerprint density at radius 1 is 1.10 bits per heavy atom. The fourth-order valence-corrected chi connectivity index (χ4v) is 2.35. The lowest BCUT2D eigenvalue weighted by Gasteiger charge is -2.08. The van der Waals surface area contributed by atoms with Crippen molar-refractivity contribution in [2.45, 2.75) is 13.8 Å². The van der Waals surface area contributed by atoms with Crippen molar-refractivity contribution < 1.29 is 9.53 Å². The molecule has 0 aliphatic carbocycles. The average Bonchev–Trinajstić information content (AvgIpc) is 2.86. The number of fused-ring (bicyclic) bond motifs is 1. The van der Waals surface area contributed by atoms with Crippen LogP contribution in [0.5, 0.6) is 0 Å². The molecular weight excluding hydrogens is 266 g/mol. The van der Waals surface area contributed by atoms with E-state index in [1.165, 1.54) is 12.7 Å². The van der Waals surface area contributed by atoms with E-state index in [9.17, 15) is 4.79 Å². The van der Waals surface area contributed by atoms with Crippen molar-refractivity contribution in [3.8, 4) is 5.95 Å². The van der Waals surface area contributed by atoms with Gasteiger partial charge in [0.1, 0.15) is 5.69 Å². The molecule has 2 aromatic heterocycles. The van der Waals surface area contributed by atoms with Crippen LogP contribution >= 0.6 is 0 Å². The van der Waals surface area contributed by atoms with Gasteiger partial charge in [-0.05, 0) is 49.2 Å². The molecule has 2 heterocycles. The first-order valence-corrected chi connectivity index (χ1v) is 6.60. The van der Waals surface area contributed by atoms with E-state index in [-0.39, 0.29) is 0 Å². The molecule has 0 unspecified atom stereocenters. The summed E-state index contributed by atoms with van der Waals surface area (Å²) in [7, 11) is 1.37. The number of nitrogens with zero attached hydrogens (tertiary/aromatic N) is 3. The molecule has 5 heteroatoms. The van der Waals surface area contributed by atoms with Crippen molar-refractivity contribution >= 4 is 16.9 Å². The van der Waals surface area contributed by atoms with E-state index in [1.54, 1.807) is 23.0 Å². The van der Waals surface area contributed by atoms with Gasteiger partial charge in [-0.15, -0.1) is 0 Å². The van der Waals surface area contributed by atoms with Gasteiger partial charge in [-0.3, -0.25) is 4.57 Å². The Bertz CT molecular complexity index is 822. The summed E-state index contributed by atoms with van der Waals surface area (Å²) in [6.45, 7) is 4.08. The minimum atomic E-state index is -0.408. The van der Waals surface area contributed by atoms with Crippen molar-refractivity contribution in [3.05, 3.63) is 53.5 Å². The largest absolute Gasteiger partial charge is 0.464 e. The molecule has 0 saturated heterocycles. The third-order valence-corrected chi connectivity index (χ3v) is 3.56. The van der Waals surface area contributed by atoms with Crippen LogP contribution in [0.2, 0.25) is 0 Å². The summed E-state index contributed by atoms with van der Waals surface area (Å²) in [6, 6.07) is 7.64. The van der Waals surface area contributed by atoms with Crippen LogP contribution in [0.3, 0.4) is 0 Å². The second-order valence-corrected chi connectivity index (χ2v) is 4.90. The summed E-state index contributed by atoms with van der Waals surface area (Å²) in [5.74, 6) is 0.0464. The van der Waals surface area contributed by atoms with Crippen LogP contribution in [0, 0.1) is 13.8 Å². The van der Waals surface area contributed by atoms with Gasteiger partial charge in [-0.25, -0.2) is 14.8 Å². The SMILES string of the molecule is COC(=O)c1cc2cc(C)c(C)cc2n1-c1ncccn1. The highest BCUT2D eigenvalue weighted by atomic mass is 16.5. The number of benzene rings is 1. The van der Waals surface area contributed by atoms with Crippen molar-refractivity contribution in [3.63, 3.8) is 0 Å². The van der Waals surface area contributed by atoms with E-state index < -0.39 is 5.97 Å². The standard InChI is InChI=1S/C16H15N3O2/c1-10-7-12-9-14(15(20)21-3)19(13(12)8-11(10)2)16-17-5-4-6-18-16/h4-9H,1-3H3. The van der Waals surface area contributed by atoms with E-state index in [0.29, 0.717) is 11.6 Å². The van der Waals surface area contributed by atoms with Crippen molar-refractivity contribution in [1.29, 1.82) is 0 Å². The molecule has 0 bridgehead atoms. The maximum absolute atomic E-state index is 12.0. The van der Waals surface area contributed by atoms with Gasteiger partial charge in [0.2, 0.25) is 5.95 Å². The van der Waals surface area contributed by atoms with Crippen molar-refractivity contribution in [2.24, 2.45) is 0 Å². The number of hydrogen-bond donors (Lipinski definition) is 0. The summed E-state index contributed by atoms with van der Waals surface area (Å²) >= 11 is 0. The van der Waals surface area contributed by atoms with Gasteiger partial charge in [-0.2, -0.15) is 0 Å². The molecule has 1 aromatic carbocycles. The Hall–Kier alpha value is -2.69. The predicted octanol–water partition coefficient (Wildman–Crippen LogP) is 2.82. The van der Waals surface area contributed by atoms with E-state index in [4.69, 9.17) is 4.74 Å². The molecule has 21 heavy (non-hydrogen) atoms. The molecule has 0 aliphatic rings. The summed E-state index contributed by atoms with van der Waals surface area (Å²) in [4.78, 5) is 20.5. The highest BCUT2D eigenvalue weighted by Crippen LogP contribution is 2.26. The zero-order valence-corrected chi connectivity index (χ0v) is 12.1.